The molecular weight excluding hydrogens is 304 g/mol. The molecule has 5 N–H and O–H groups in total. The fraction of sp³-hybridized carbons (Fsp3) is 0.556. The van der Waals surface area contributed by atoms with E-state index in [0.29, 0.717) is 19.0 Å². The molecule has 132 valence electrons. The van der Waals surface area contributed by atoms with E-state index < -0.39 is 6.04 Å². The number of hydrogen-bond donors (Lipinski definition) is 4. The van der Waals surface area contributed by atoms with E-state index in [1.807, 2.05) is 44.2 Å². The lowest BCUT2D eigenvalue weighted by atomic mass is 10.0. The summed E-state index contributed by atoms with van der Waals surface area (Å²) in [5.41, 5.74) is 7.01. The monoisotopic (exact) mass is 332 g/mol. The molecule has 0 heterocycles. The molecule has 0 aliphatic heterocycles. The van der Waals surface area contributed by atoms with Gasteiger partial charge in [0.2, 0.25) is 5.91 Å². The Morgan fingerprint density at radius 2 is 1.83 bits per heavy atom. The van der Waals surface area contributed by atoms with Crippen LogP contribution in [0.5, 0.6) is 0 Å². The Labute approximate surface area is 143 Å². The number of nitrogens with two attached hydrogens (primary N) is 1. The topological polar surface area (TPSA) is 96.2 Å². The number of hydrogen-bond acceptors (Lipinski definition) is 3. The van der Waals surface area contributed by atoms with E-state index >= 15 is 0 Å². The predicted octanol–water partition coefficient (Wildman–Crippen LogP) is 1.36. The maximum Gasteiger partial charge on any atom is 0.315 e. The van der Waals surface area contributed by atoms with Crippen LogP contribution in [0.1, 0.15) is 32.3 Å². The van der Waals surface area contributed by atoms with Gasteiger partial charge >= 0.3 is 6.03 Å². The first-order valence-electron chi connectivity index (χ1n) is 8.59. The summed E-state index contributed by atoms with van der Waals surface area (Å²) < 4.78 is 0. The lowest BCUT2D eigenvalue weighted by Crippen LogP contribution is -2.54. The van der Waals surface area contributed by atoms with Gasteiger partial charge in [-0.3, -0.25) is 4.79 Å². The molecule has 3 amide bonds. The fourth-order valence-electron chi connectivity index (χ4n) is 2.52. The van der Waals surface area contributed by atoms with Crippen LogP contribution in [0.25, 0.3) is 0 Å². The summed E-state index contributed by atoms with van der Waals surface area (Å²) in [5.74, 6) is 0.338. The van der Waals surface area contributed by atoms with Crippen molar-refractivity contribution in [3.63, 3.8) is 0 Å². The third-order valence-electron chi connectivity index (χ3n) is 4.27. The summed E-state index contributed by atoms with van der Waals surface area (Å²) in [6.45, 7) is 4.69. The van der Waals surface area contributed by atoms with Gasteiger partial charge < -0.3 is 21.7 Å². The highest BCUT2D eigenvalue weighted by Crippen LogP contribution is 2.31. The smallest absolute Gasteiger partial charge is 0.315 e. The third kappa shape index (κ3) is 5.85. The highest BCUT2D eigenvalue weighted by atomic mass is 16.2. The molecule has 1 aromatic rings. The molecule has 1 saturated carbocycles. The Hall–Kier alpha value is -2.08. The Kier molecular flexibility index (Phi) is 6.61. The molecule has 6 heteroatoms. The molecule has 0 aromatic heterocycles. The maximum absolute atomic E-state index is 12.3. The minimum atomic E-state index is -0.577. The first-order chi connectivity index (χ1) is 11.5. The van der Waals surface area contributed by atoms with Crippen LogP contribution in [0.3, 0.4) is 0 Å². The van der Waals surface area contributed by atoms with Crippen molar-refractivity contribution in [1.29, 1.82) is 0 Å². The van der Waals surface area contributed by atoms with E-state index in [0.717, 1.165) is 18.4 Å². The van der Waals surface area contributed by atoms with Crippen LogP contribution in [0, 0.1) is 11.8 Å². The second-order valence-electron chi connectivity index (χ2n) is 6.78. The number of nitrogens with one attached hydrogen (secondary N) is 3. The number of carbonyl (C=O) groups excluding carboxylic acids is 2. The molecule has 1 fully saturated rings. The van der Waals surface area contributed by atoms with E-state index in [1.54, 1.807) is 0 Å². The second kappa shape index (κ2) is 8.68. The summed E-state index contributed by atoms with van der Waals surface area (Å²) in [6.07, 6.45) is 2.29. The Morgan fingerprint density at radius 1 is 1.17 bits per heavy atom. The predicted molar refractivity (Wildman–Crippen MR) is 94.1 cm³/mol. The number of rotatable bonds is 8. The average molecular weight is 332 g/mol. The van der Waals surface area contributed by atoms with Crippen LogP contribution < -0.4 is 21.7 Å². The van der Waals surface area contributed by atoms with Crippen molar-refractivity contribution in [2.45, 2.75) is 45.3 Å². The van der Waals surface area contributed by atoms with Crippen molar-refractivity contribution in [2.75, 3.05) is 6.54 Å². The molecule has 0 saturated heterocycles. The van der Waals surface area contributed by atoms with Gasteiger partial charge in [0, 0.05) is 19.1 Å². The lowest BCUT2D eigenvalue weighted by molar-refractivity contribution is -0.123. The zero-order valence-corrected chi connectivity index (χ0v) is 14.4. The second-order valence-corrected chi connectivity index (χ2v) is 6.78. The van der Waals surface area contributed by atoms with Gasteiger partial charge in [0.15, 0.2) is 0 Å². The van der Waals surface area contributed by atoms with E-state index in [2.05, 4.69) is 16.0 Å². The first kappa shape index (κ1) is 18.3. The van der Waals surface area contributed by atoms with Crippen molar-refractivity contribution in [2.24, 2.45) is 17.6 Å². The number of benzene rings is 1. The quantitative estimate of drug-likeness (QED) is 0.579. The summed E-state index contributed by atoms with van der Waals surface area (Å²) in [5, 5.41) is 8.39. The molecule has 0 radical (unpaired) electrons. The van der Waals surface area contributed by atoms with Crippen molar-refractivity contribution >= 4 is 11.9 Å². The molecular formula is C18H28N4O2. The molecule has 6 nitrogen and oxygen atoms in total. The van der Waals surface area contributed by atoms with Gasteiger partial charge in [-0.25, -0.2) is 4.79 Å². The molecule has 24 heavy (non-hydrogen) atoms. The van der Waals surface area contributed by atoms with Gasteiger partial charge in [0.05, 0.1) is 0 Å². The largest absolute Gasteiger partial charge is 0.353 e. The highest BCUT2D eigenvalue weighted by molar-refractivity contribution is 5.87. The SMILES string of the molecule is CC(C)C(NC(=O)NCc1ccccc1)C(=O)NCC(N)C1CC1. The third-order valence-corrected chi connectivity index (χ3v) is 4.27. The van der Waals surface area contributed by atoms with Gasteiger partial charge in [0.1, 0.15) is 6.04 Å². The molecule has 2 unspecified atom stereocenters. The van der Waals surface area contributed by atoms with Gasteiger partial charge in [-0.1, -0.05) is 44.2 Å². The zero-order valence-electron chi connectivity index (χ0n) is 14.4. The number of urea groups is 1. The minimum absolute atomic E-state index is 0.00803. The Bertz CT molecular complexity index is 543. The van der Waals surface area contributed by atoms with E-state index in [-0.39, 0.29) is 23.9 Å². The van der Waals surface area contributed by atoms with E-state index in [9.17, 15) is 9.59 Å². The number of amides is 3. The van der Waals surface area contributed by atoms with Crippen LogP contribution in [0.2, 0.25) is 0 Å². The standard InChI is InChI=1S/C18H28N4O2/c1-12(2)16(17(23)20-11-15(19)14-8-9-14)22-18(24)21-10-13-6-4-3-5-7-13/h3-7,12,14-16H,8-11,19H2,1-2H3,(H,20,23)(H2,21,22,24). The molecule has 0 bridgehead atoms. The van der Waals surface area contributed by atoms with E-state index in [4.69, 9.17) is 5.73 Å². The summed E-state index contributed by atoms with van der Waals surface area (Å²) >= 11 is 0. The molecule has 1 aromatic carbocycles. The highest BCUT2D eigenvalue weighted by Gasteiger charge is 2.30. The van der Waals surface area contributed by atoms with Crippen molar-refractivity contribution in [3.8, 4) is 0 Å². The minimum Gasteiger partial charge on any atom is -0.353 e. The Morgan fingerprint density at radius 3 is 2.42 bits per heavy atom. The molecule has 0 spiro atoms. The Balaban J connectivity index is 1.78. The average Bonchev–Trinajstić information content (AvgIpc) is 3.41. The molecule has 2 rings (SSSR count). The van der Waals surface area contributed by atoms with Gasteiger partial charge in [0.25, 0.3) is 0 Å². The molecule has 1 aliphatic carbocycles. The van der Waals surface area contributed by atoms with Crippen molar-refractivity contribution in [1.82, 2.24) is 16.0 Å². The van der Waals surface area contributed by atoms with Crippen LogP contribution >= 0.6 is 0 Å². The van der Waals surface area contributed by atoms with Gasteiger partial charge in [-0.15, -0.1) is 0 Å². The van der Waals surface area contributed by atoms with E-state index in [1.165, 1.54) is 0 Å². The molecule has 1 aliphatic rings. The van der Waals surface area contributed by atoms with Crippen LogP contribution in [0.4, 0.5) is 4.79 Å². The van der Waals surface area contributed by atoms with Crippen LogP contribution in [-0.2, 0) is 11.3 Å². The summed E-state index contributed by atoms with van der Waals surface area (Å²) in [4.78, 5) is 24.4. The first-order valence-corrected chi connectivity index (χ1v) is 8.59. The fourth-order valence-corrected chi connectivity index (χ4v) is 2.52. The van der Waals surface area contributed by atoms with Crippen molar-refractivity contribution < 1.29 is 9.59 Å². The maximum atomic E-state index is 12.3. The number of carbonyl (C=O) groups is 2. The van der Waals surface area contributed by atoms with Gasteiger partial charge in [-0.2, -0.15) is 0 Å². The summed E-state index contributed by atoms with van der Waals surface area (Å²) in [6, 6.07) is 8.72. The van der Waals surface area contributed by atoms with Gasteiger partial charge in [-0.05, 0) is 30.2 Å². The van der Waals surface area contributed by atoms with Crippen LogP contribution in [0.15, 0.2) is 30.3 Å². The zero-order chi connectivity index (χ0) is 17.5. The lowest BCUT2D eigenvalue weighted by Gasteiger charge is -2.23. The van der Waals surface area contributed by atoms with Crippen LogP contribution in [-0.4, -0.2) is 30.6 Å². The summed E-state index contributed by atoms with van der Waals surface area (Å²) in [7, 11) is 0. The van der Waals surface area contributed by atoms with Crippen molar-refractivity contribution in [3.05, 3.63) is 35.9 Å². The molecule has 2 atom stereocenters. The normalized spacial score (nSPS) is 16.3.